The van der Waals surface area contributed by atoms with E-state index < -0.39 is 17.9 Å². The molecule has 1 aromatic carbocycles. The molecule has 0 aliphatic carbocycles. The van der Waals surface area contributed by atoms with Gasteiger partial charge in [0.05, 0.1) is 18.7 Å². The van der Waals surface area contributed by atoms with E-state index in [2.05, 4.69) is 48.8 Å². The summed E-state index contributed by atoms with van der Waals surface area (Å²) in [5, 5.41) is 11.8. The van der Waals surface area contributed by atoms with Crippen LogP contribution in [-0.4, -0.2) is 28.6 Å². The maximum Gasteiger partial charge on any atom is 0.305 e. The van der Waals surface area contributed by atoms with Gasteiger partial charge in [-0.3, -0.25) is 14.6 Å². The number of aliphatic carboxylic acids is 1. The van der Waals surface area contributed by atoms with Gasteiger partial charge in [-0.2, -0.15) is 0 Å². The van der Waals surface area contributed by atoms with Gasteiger partial charge in [0, 0.05) is 14.2 Å². The molecule has 24 heavy (non-hydrogen) atoms. The van der Waals surface area contributed by atoms with Crippen molar-refractivity contribution < 1.29 is 19.4 Å². The van der Waals surface area contributed by atoms with E-state index in [9.17, 15) is 9.59 Å². The number of carboxylic acids is 1. The molecule has 1 amide bonds. The second-order valence-electron chi connectivity index (χ2n) is 4.90. The molecule has 2 aromatic rings. The molecule has 0 aliphatic heterocycles. The molecule has 0 radical (unpaired) electrons. The lowest BCUT2D eigenvalue weighted by Crippen LogP contribution is -2.33. The monoisotopic (exact) mass is 504 g/mol. The highest BCUT2D eigenvalue weighted by Gasteiger charge is 2.18. The van der Waals surface area contributed by atoms with Crippen molar-refractivity contribution >= 4 is 50.4 Å². The van der Waals surface area contributed by atoms with Gasteiger partial charge in [-0.15, -0.1) is 0 Å². The summed E-state index contributed by atoms with van der Waals surface area (Å²) < 4.78 is 7.06. The number of hydrogen-bond acceptors (Lipinski definition) is 4. The molecular formula is C16H14BrIN2O4. The lowest BCUT2D eigenvalue weighted by Gasteiger charge is -2.18. The zero-order chi connectivity index (χ0) is 17.5. The molecule has 1 atom stereocenters. The lowest BCUT2D eigenvalue weighted by atomic mass is 10.0. The lowest BCUT2D eigenvalue weighted by molar-refractivity contribution is -0.137. The Hall–Kier alpha value is -1.68. The first-order valence-corrected chi connectivity index (χ1v) is 8.81. The minimum Gasteiger partial charge on any atom is -0.482 e. The molecule has 0 unspecified atom stereocenters. The van der Waals surface area contributed by atoms with Crippen LogP contribution in [-0.2, 0) is 9.59 Å². The molecule has 2 rings (SSSR count). The molecule has 1 aromatic heterocycles. The predicted octanol–water partition coefficient (Wildman–Crippen LogP) is 3.16. The summed E-state index contributed by atoms with van der Waals surface area (Å²) >= 11 is 5.40. The number of ether oxygens (including phenoxy) is 1. The van der Waals surface area contributed by atoms with Gasteiger partial charge in [-0.25, -0.2) is 0 Å². The van der Waals surface area contributed by atoms with Gasteiger partial charge in [0.1, 0.15) is 5.75 Å². The van der Waals surface area contributed by atoms with Crippen LogP contribution < -0.4 is 10.1 Å². The molecular weight excluding hydrogens is 491 g/mol. The van der Waals surface area contributed by atoms with Gasteiger partial charge in [0.25, 0.3) is 5.91 Å². The van der Waals surface area contributed by atoms with Gasteiger partial charge in [0.2, 0.25) is 0 Å². The Kier molecular flexibility index (Phi) is 6.98. The third-order valence-corrected chi connectivity index (χ3v) is 4.12. The number of nitrogens with zero attached hydrogens (tertiary/aromatic N) is 1. The van der Waals surface area contributed by atoms with Crippen molar-refractivity contribution in [2.45, 2.75) is 12.5 Å². The number of hydrogen-bond donors (Lipinski definition) is 2. The third kappa shape index (κ3) is 6.08. The SMILES string of the molecule is O=C(O)C[C@H](NC(=O)COc1cncc(Br)c1)c1cccc(I)c1. The highest BCUT2D eigenvalue weighted by molar-refractivity contribution is 14.1. The summed E-state index contributed by atoms with van der Waals surface area (Å²) in [5.41, 5.74) is 0.738. The largest absolute Gasteiger partial charge is 0.482 e. The van der Waals surface area contributed by atoms with Crippen LogP contribution in [0.4, 0.5) is 0 Å². The maximum absolute atomic E-state index is 12.1. The fourth-order valence-electron chi connectivity index (χ4n) is 2.01. The number of halogens is 2. The van der Waals surface area contributed by atoms with E-state index in [1.54, 1.807) is 18.3 Å². The van der Waals surface area contributed by atoms with E-state index in [0.29, 0.717) is 5.75 Å². The first-order valence-electron chi connectivity index (χ1n) is 6.94. The smallest absolute Gasteiger partial charge is 0.305 e. The third-order valence-electron chi connectivity index (χ3n) is 3.01. The van der Waals surface area contributed by atoms with Crippen molar-refractivity contribution in [2.24, 2.45) is 0 Å². The first-order chi connectivity index (χ1) is 11.4. The Morgan fingerprint density at radius 1 is 1.33 bits per heavy atom. The van der Waals surface area contributed by atoms with Gasteiger partial charge in [-0.1, -0.05) is 12.1 Å². The summed E-state index contributed by atoms with van der Waals surface area (Å²) in [6.45, 7) is -0.224. The van der Waals surface area contributed by atoms with Crippen LogP contribution >= 0.6 is 38.5 Å². The predicted molar refractivity (Wildman–Crippen MR) is 99.7 cm³/mol. The van der Waals surface area contributed by atoms with Crippen LogP contribution in [0.3, 0.4) is 0 Å². The minimum atomic E-state index is -0.990. The van der Waals surface area contributed by atoms with Crippen molar-refractivity contribution in [3.63, 3.8) is 0 Å². The zero-order valence-corrected chi connectivity index (χ0v) is 16.2. The van der Waals surface area contributed by atoms with Gasteiger partial charge < -0.3 is 15.2 Å². The average molecular weight is 505 g/mol. The van der Waals surface area contributed by atoms with E-state index in [1.807, 2.05) is 18.2 Å². The summed E-state index contributed by atoms with van der Waals surface area (Å²) in [4.78, 5) is 27.1. The van der Waals surface area contributed by atoms with Gasteiger partial charge in [-0.05, 0) is 62.3 Å². The molecule has 0 saturated carbocycles. The molecule has 0 aliphatic rings. The van der Waals surface area contributed by atoms with Gasteiger partial charge in [0.15, 0.2) is 6.61 Å². The van der Waals surface area contributed by atoms with Crippen LogP contribution in [0, 0.1) is 3.57 Å². The highest BCUT2D eigenvalue weighted by atomic mass is 127. The van der Waals surface area contributed by atoms with E-state index in [4.69, 9.17) is 9.84 Å². The number of carbonyl (C=O) groups is 2. The quantitative estimate of drug-likeness (QED) is 0.565. The van der Waals surface area contributed by atoms with Crippen molar-refractivity contribution in [1.29, 1.82) is 0 Å². The normalized spacial score (nSPS) is 11.6. The molecule has 0 spiro atoms. The Bertz CT molecular complexity index is 742. The van der Waals surface area contributed by atoms with E-state index in [-0.39, 0.29) is 13.0 Å². The minimum absolute atomic E-state index is 0.204. The van der Waals surface area contributed by atoms with Gasteiger partial charge >= 0.3 is 5.97 Å². The number of pyridine rings is 1. The van der Waals surface area contributed by atoms with Crippen LogP contribution in [0.1, 0.15) is 18.0 Å². The molecule has 2 N–H and O–H groups in total. The van der Waals surface area contributed by atoms with Crippen LogP contribution in [0.25, 0.3) is 0 Å². The Labute approximate surface area is 160 Å². The second-order valence-corrected chi connectivity index (χ2v) is 7.06. The molecule has 6 nitrogen and oxygen atoms in total. The zero-order valence-electron chi connectivity index (χ0n) is 12.4. The van der Waals surface area contributed by atoms with Crippen LogP contribution in [0.15, 0.2) is 47.2 Å². The highest BCUT2D eigenvalue weighted by Crippen LogP contribution is 2.20. The van der Waals surface area contributed by atoms with Crippen molar-refractivity contribution in [2.75, 3.05) is 6.61 Å². The van der Waals surface area contributed by atoms with Crippen LogP contribution in [0.2, 0.25) is 0 Å². The number of carboxylic acid groups (broad SMARTS) is 1. The number of amides is 1. The number of nitrogens with one attached hydrogen (secondary N) is 1. The van der Waals surface area contributed by atoms with E-state index >= 15 is 0 Å². The number of rotatable bonds is 7. The first kappa shape index (κ1) is 18.7. The standard InChI is InChI=1S/C16H14BrIN2O4/c17-11-5-13(8-19-7-11)24-9-15(21)20-14(6-16(22)23)10-2-1-3-12(18)4-10/h1-5,7-8,14H,6,9H2,(H,20,21)(H,22,23)/t14-/m0/s1. The molecule has 0 fully saturated rings. The summed E-state index contributed by atoms with van der Waals surface area (Å²) in [6, 6.07) is 8.42. The molecule has 126 valence electrons. The molecule has 0 bridgehead atoms. The summed E-state index contributed by atoms with van der Waals surface area (Å²) in [5.74, 6) is -0.945. The van der Waals surface area contributed by atoms with Crippen molar-refractivity contribution in [1.82, 2.24) is 10.3 Å². The summed E-state index contributed by atoms with van der Waals surface area (Å²) in [6.07, 6.45) is 2.89. The van der Waals surface area contributed by atoms with E-state index in [1.165, 1.54) is 6.20 Å². The maximum atomic E-state index is 12.1. The van der Waals surface area contributed by atoms with Crippen LogP contribution in [0.5, 0.6) is 5.75 Å². The number of aromatic nitrogens is 1. The Morgan fingerprint density at radius 2 is 2.12 bits per heavy atom. The molecule has 0 saturated heterocycles. The summed E-state index contributed by atoms with van der Waals surface area (Å²) in [7, 11) is 0. The molecule has 8 heteroatoms. The van der Waals surface area contributed by atoms with E-state index in [0.717, 1.165) is 13.6 Å². The fraction of sp³-hybridized carbons (Fsp3) is 0.188. The average Bonchev–Trinajstić information content (AvgIpc) is 2.52. The number of benzene rings is 1. The Balaban J connectivity index is 2.00. The van der Waals surface area contributed by atoms with Crippen molar-refractivity contribution in [3.05, 3.63) is 56.3 Å². The molecule has 1 heterocycles. The Morgan fingerprint density at radius 3 is 2.79 bits per heavy atom. The number of carbonyl (C=O) groups excluding carboxylic acids is 1. The second kappa shape index (κ2) is 8.97. The topological polar surface area (TPSA) is 88.5 Å². The van der Waals surface area contributed by atoms with Crippen molar-refractivity contribution in [3.8, 4) is 5.75 Å². The fourth-order valence-corrected chi connectivity index (χ4v) is 2.92.